The molecule has 0 amide bonds. The van der Waals surface area contributed by atoms with Crippen LogP contribution in [0, 0.1) is 0 Å². The van der Waals surface area contributed by atoms with Crippen LogP contribution < -0.4 is 0 Å². The molecule has 0 atom stereocenters. The van der Waals surface area contributed by atoms with Gasteiger partial charge in [-0.2, -0.15) is 0 Å². The number of benzene rings is 2. The van der Waals surface area contributed by atoms with Crippen molar-refractivity contribution < 1.29 is 19.8 Å². The number of carbonyl (C=O) groups is 2. The second-order valence-electron chi connectivity index (χ2n) is 9.68. The Hall–Kier alpha value is -1.84. The molecule has 202 valence electrons. The zero-order valence-corrected chi connectivity index (χ0v) is 24.5. The molecule has 0 spiro atoms. The molecule has 0 aliphatic heterocycles. The van der Waals surface area contributed by atoms with Gasteiger partial charge in [-0.15, -0.1) is 0 Å². The molecule has 0 aromatic heterocycles. The summed E-state index contributed by atoms with van der Waals surface area (Å²) in [5, 5.41) is 17.6. The van der Waals surface area contributed by atoms with Crippen LogP contribution in [0.4, 0.5) is 0 Å². The molecule has 0 unspecified atom stereocenters. The minimum atomic E-state index is -0.956. The number of carboxylic acid groups (broad SMARTS) is 2. The van der Waals surface area contributed by atoms with E-state index in [1.165, 1.54) is 87.4 Å². The van der Waals surface area contributed by atoms with Crippen molar-refractivity contribution in [3.63, 3.8) is 0 Å². The molecule has 36 heavy (non-hydrogen) atoms. The van der Waals surface area contributed by atoms with E-state index in [2.05, 4.69) is 27.7 Å². The molecule has 0 aliphatic rings. The quantitative estimate of drug-likeness (QED) is 0.210. The number of aromatic carboxylic acids is 2. The molecule has 2 rings (SSSR count). The van der Waals surface area contributed by atoms with Gasteiger partial charge in [-0.05, 0) is 48.5 Å². The summed E-state index contributed by atoms with van der Waals surface area (Å²) in [5.74, 6) is -1.91. The van der Waals surface area contributed by atoms with E-state index in [0.29, 0.717) is 0 Å². The molecule has 4 nitrogen and oxygen atoms in total. The van der Waals surface area contributed by atoms with E-state index in [-0.39, 0.29) is 11.1 Å². The second-order valence-corrected chi connectivity index (χ2v) is 15.8. The maximum absolute atomic E-state index is 10.7. The van der Waals surface area contributed by atoms with E-state index in [1.807, 2.05) is 0 Å². The Bertz CT molecular complexity index is 788. The average Bonchev–Trinajstić information content (AvgIpc) is 2.89. The average molecular weight is 535 g/mol. The van der Waals surface area contributed by atoms with Gasteiger partial charge in [-0.25, -0.2) is 9.59 Å². The Morgan fingerprint density at radius 3 is 1.08 bits per heavy atom. The third kappa shape index (κ3) is 12.4. The first-order chi connectivity index (χ1) is 17.3. The topological polar surface area (TPSA) is 74.6 Å². The number of hydrogen-bond donors (Lipinski definition) is 2. The molecular weight excluding hydrogens is 487 g/mol. The van der Waals surface area contributed by atoms with Crippen molar-refractivity contribution in [2.75, 3.05) is 24.6 Å². The van der Waals surface area contributed by atoms with Crippen LogP contribution in [0.2, 0.25) is 0 Å². The first kappa shape index (κ1) is 32.2. The fourth-order valence-corrected chi connectivity index (χ4v) is 11.2. The summed E-state index contributed by atoms with van der Waals surface area (Å²) in [7, 11) is -0.879. The van der Waals surface area contributed by atoms with Gasteiger partial charge in [-0.3, -0.25) is 0 Å². The van der Waals surface area contributed by atoms with E-state index in [1.54, 1.807) is 48.9 Å². The summed E-state index contributed by atoms with van der Waals surface area (Å²) in [6.07, 6.45) is 18.1. The van der Waals surface area contributed by atoms with E-state index < -0.39 is 19.2 Å². The minimum Gasteiger partial charge on any atom is -0.478 e. The zero-order chi connectivity index (χ0) is 26.8. The van der Waals surface area contributed by atoms with Crippen molar-refractivity contribution in [2.24, 2.45) is 0 Å². The molecule has 0 fully saturated rings. The Morgan fingerprint density at radius 2 is 0.861 bits per heavy atom. The second kappa shape index (κ2) is 18.4. The maximum Gasteiger partial charge on any atom is 0.335 e. The van der Waals surface area contributed by atoms with Crippen molar-refractivity contribution in [1.82, 2.24) is 0 Å². The van der Waals surface area contributed by atoms with Crippen molar-refractivity contribution in [3.8, 4) is 0 Å². The molecule has 0 saturated heterocycles. The number of rotatable bonds is 16. The first-order valence-corrected chi connectivity index (χ1v) is 17.3. The predicted octanol–water partition coefficient (Wildman–Crippen LogP) is 9.17. The van der Waals surface area contributed by atoms with Crippen LogP contribution in [0.1, 0.15) is 99.8 Å². The van der Waals surface area contributed by atoms with Crippen molar-refractivity contribution >= 4 is 31.0 Å². The molecule has 2 N–H and O–H groups in total. The molecule has 0 heterocycles. The van der Waals surface area contributed by atoms with Gasteiger partial charge in [0.05, 0.1) is 11.1 Å². The summed E-state index contributed by atoms with van der Waals surface area (Å²) in [6.45, 7) is 9.44. The molecular formula is C30H47O4PS. The van der Waals surface area contributed by atoms with Gasteiger partial charge in [0, 0.05) is 9.79 Å². The van der Waals surface area contributed by atoms with Crippen molar-refractivity contribution in [1.29, 1.82) is 0 Å². The first-order valence-electron chi connectivity index (χ1n) is 13.6. The Kier molecular flexibility index (Phi) is 16.5. The summed E-state index contributed by atoms with van der Waals surface area (Å²) in [5.41, 5.74) is 0.483. The van der Waals surface area contributed by atoms with Crippen molar-refractivity contribution in [3.05, 3.63) is 59.7 Å². The minimum absolute atomic E-state index is 0.241. The summed E-state index contributed by atoms with van der Waals surface area (Å²) >= 11 is 1.44. The summed E-state index contributed by atoms with van der Waals surface area (Å²) in [4.78, 5) is 23.2. The van der Waals surface area contributed by atoms with Gasteiger partial charge < -0.3 is 10.2 Å². The Labute approximate surface area is 223 Å². The van der Waals surface area contributed by atoms with Gasteiger partial charge in [0.2, 0.25) is 0 Å². The molecule has 0 radical (unpaired) electrons. The fraction of sp³-hybridized carbons (Fsp3) is 0.533. The van der Waals surface area contributed by atoms with Crippen LogP contribution in [0.5, 0.6) is 0 Å². The van der Waals surface area contributed by atoms with Gasteiger partial charge in [0.15, 0.2) is 0 Å². The largest absolute Gasteiger partial charge is 0.478 e. The van der Waals surface area contributed by atoms with E-state index in [4.69, 9.17) is 10.2 Å². The Morgan fingerprint density at radius 1 is 0.583 bits per heavy atom. The normalized spacial score (nSPS) is 11.4. The number of unbranched alkanes of at least 4 members (excludes halogenated alkanes) is 4. The smallest absolute Gasteiger partial charge is 0.335 e. The van der Waals surface area contributed by atoms with Crippen LogP contribution >= 0.6 is 19.0 Å². The summed E-state index contributed by atoms with van der Waals surface area (Å²) in [6, 6.07) is 13.0. The van der Waals surface area contributed by atoms with Crippen LogP contribution in [0.25, 0.3) is 0 Å². The Balaban J connectivity index is 0.000000363. The van der Waals surface area contributed by atoms with Crippen LogP contribution in [0.3, 0.4) is 0 Å². The van der Waals surface area contributed by atoms with Crippen LogP contribution in [-0.4, -0.2) is 46.8 Å². The molecule has 2 aromatic rings. The zero-order valence-electron chi connectivity index (χ0n) is 22.7. The molecule has 2 aromatic carbocycles. The van der Waals surface area contributed by atoms with Gasteiger partial charge >= 0.3 is 123 Å². The van der Waals surface area contributed by atoms with Crippen LogP contribution in [-0.2, 0) is 0 Å². The van der Waals surface area contributed by atoms with Crippen molar-refractivity contribution in [2.45, 2.75) is 88.9 Å². The number of hydrogen-bond acceptors (Lipinski definition) is 3. The fourth-order valence-electron chi connectivity index (χ4n) is 4.42. The third-order valence-electron chi connectivity index (χ3n) is 6.68. The molecule has 0 bridgehead atoms. The van der Waals surface area contributed by atoms with Gasteiger partial charge in [-0.1, -0.05) is 11.8 Å². The summed E-state index contributed by atoms with van der Waals surface area (Å²) < 4.78 is 0. The standard InChI is InChI=1S/C16H37P.C14H10O4S/c1-5-9-13-17(14-10-6-2,15-11-7-3)16-12-8-4;15-13(16)9-1-5-11(6-2-9)19-12-7-3-10(4-8-12)14(17)18/h17H,5-16H2,1-4H3;1-8H,(H,15,16)(H,17,18). The van der Waals surface area contributed by atoms with E-state index in [9.17, 15) is 9.59 Å². The monoisotopic (exact) mass is 534 g/mol. The maximum atomic E-state index is 10.7. The van der Waals surface area contributed by atoms with Crippen LogP contribution in [0.15, 0.2) is 58.3 Å². The SMILES string of the molecule is CCCC[PH](CCCC)(CCCC)CCCC.O=C(O)c1ccc(Sc2ccc(C(=O)O)cc2)cc1. The molecule has 0 saturated carbocycles. The number of carboxylic acids is 2. The molecule has 0 aliphatic carbocycles. The third-order valence-corrected chi connectivity index (χ3v) is 13.4. The van der Waals surface area contributed by atoms with Gasteiger partial charge in [0.1, 0.15) is 0 Å². The van der Waals surface area contributed by atoms with E-state index >= 15 is 0 Å². The predicted molar refractivity (Wildman–Crippen MR) is 158 cm³/mol. The molecule has 6 heteroatoms. The van der Waals surface area contributed by atoms with Gasteiger partial charge in [0.25, 0.3) is 0 Å². The van der Waals surface area contributed by atoms with E-state index in [0.717, 1.165) is 9.79 Å².